The van der Waals surface area contributed by atoms with E-state index in [1.165, 1.54) is 29.3 Å². The number of carbonyl (C=O) groups is 3. The van der Waals surface area contributed by atoms with Crippen molar-refractivity contribution in [2.45, 2.75) is 17.1 Å². The van der Waals surface area contributed by atoms with E-state index in [9.17, 15) is 23.9 Å². The Morgan fingerprint density at radius 3 is 2.77 bits per heavy atom. The minimum atomic E-state index is -1.25. The molecular formula is C21H13ClFNO4S2. The molecule has 0 bridgehead atoms. The van der Waals surface area contributed by atoms with Crippen LogP contribution >= 0.6 is 34.7 Å². The van der Waals surface area contributed by atoms with Crippen molar-refractivity contribution < 1.29 is 23.9 Å². The van der Waals surface area contributed by atoms with Crippen molar-refractivity contribution >= 4 is 58.2 Å². The van der Waals surface area contributed by atoms with Gasteiger partial charge in [-0.2, -0.15) is 0 Å². The minimum absolute atomic E-state index is 0.0523. The van der Waals surface area contributed by atoms with Gasteiger partial charge in [-0.25, -0.2) is 14.1 Å². The zero-order valence-electron chi connectivity index (χ0n) is 15.2. The summed E-state index contributed by atoms with van der Waals surface area (Å²) in [6.45, 7) is 0. The van der Waals surface area contributed by atoms with Crippen LogP contribution in [0.4, 0.5) is 10.1 Å². The number of imide groups is 1. The van der Waals surface area contributed by atoms with Crippen molar-refractivity contribution in [3.8, 4) is 0 Å². The number of halogens is 2. The quantitative estimate of drug-likeness (QED) is 0.414. The summed E-state index contributed by atoms with van der Waals surface area (Å²) in [6.07, 6.45) is -0.163. The van der Waals surface area contributed by atoms with Gasteiger partial charge >= 0.3 is 5.97 Å². The molecule has 0 saturated carbocycles. The molecule has 0 saturated heterocycles. The van der Waals surface area contributed by atoms with Gasteiger partial charge in [-0.1, -0.05) is 23.7 Å². The van der Waals surface area contributed by atoms with Gasteiger partial charge in [0, 0.05) is 15.7 Å². The highest BCUT2D eigenvalue weighted by Gasteiger charge is 2.38. The molecule has 2 heterocycles. The first-order valence-electron chi connectivity index (χ1n) is 8.73. The van der Waals surface area contributed by atoms with Crippen LogP contribution in [0.2, 0.25) is 5.02 Å². The highest BCUT2D eigenvalue weighted by Crippen LogP contribution is 2.35. The Morgan fingerprint density at radius 2 is 2.03 bits per heavy atom. The average molecular weight is 462 g/mol. The Morgan fingerprint density at radius 1 is 1.23 bits per heavy atom. The second-order valence-electron chi connectivity index (χ2n) is 6.51. The van der Waals surface area contributed by atoms with Gasteiger partial charge in [0.25, 0.3) is 5.91 Å². The number of carboxylic acids is 1. The summed E-state index contributed by atoms with van der Waals surface area (Å²) >= 11 is 8.27. The maximum Gasteiger partial charge on any atom is 0.346 e. The first-order valence-corrected chi connectivity index (χ1v) is 11.0. The molecule has 3 aromatic rings. The SMILES string of the molecule is O=C(O)c1scc2c1C(=O)N(c1cc(SCc3cccc(Cl)c3)ccc1F)C(=O)C2. The zero-order valence-corrected chi connectivity index (χ0v) is 17.6. The summed E-state index contributed by atoms with van der Waals surface area (Å²) in [7, 11) is 0. The van der Waals surface area contributed by atoms with E-state index in [0.29, 0.717) is 21.2 Å². The molecule has 0 aliphatic carbocycles. The molecule has 1 aliphatic rings. The third-order valence-electron chi connectivity index (χ3n) is 4.52. The molecule has 30 heavy (non-hydrogen) atoms. The lowest BCUT2D eigenvalue weighted by Crippen LogP contribution is -2.43. The second-order valence-corrected chi connectivity index (χ2v) is 8.88. The van der Waals surface area contributed by atoms with E-state index in [2.05, 4.69) is 0 Å². The molecule has 152 valence electrons. The van der Waals surface area contributed by atoms with Gasteiger partial charge < -0.3 is 5.11 Å². The van der Waals surface area contributed by atoms with Crippen molar-refractivity contribution in [1.29, 1.82) is 0 Å². The van der Waals surface area contributed by atoms with E-state index in [1.54, 1.807) is 12.1 Å². The lowest BCUT2D eigenvalue weighted by molar-refractivity contribution is -0.117. The van der Waals surface area contributed by atoms with Crippen molar-refractivity contribution in [1.82, 2.24) is 0 Å². The molecule has 5 nitrogen and oxygen atoms in total. The Bertz CT molecular complexity index is 1190. The van der Waals surface area contributed by atoms with E-state index in [4.69, 9.17) is 11.6 Å². The van der Waals surface area contributed by atoms with E-state index in [0.717, 1.165) is 21.8 Å². The third kappa shape index (κ3) is 3.86. The molecule has 1 aliphatic heterocycles. The molecule has 1 N–H and O–H groups in total. The number of aromatic carboxylic acids is 1. The van der Waals surface area contributed by atoms with Gasteiger partial charge in [0.1, 0.15) is 10.7 Å². The minimum Gasteiger partial charge on any atom is -0.477 e. The summed E-state index contributed by atoms with van der Waals surface area (Å²) in [4.78, 5) is 38.2. The van der Waals surface area contributed by atoms with Crippen molar-refractivity contribution in [3.63, 3.8) is 0 Å². The number of benzene rings is 2. The number of nitrogens with zero attached hydrogens (tertiary/aromatic N) is 1. The van der Waals surface area contributed by atoms with E-state index in [1.807, 2.05) is 18.2 Å². The van der Waals surface area contributed by atoms with Crippen LogP contribution in [-0.4, -0.2) is 22.9 Å². The first kappa shape index (κ1) is 20.6. The second kappa shape index (κ2) is 8.22. The number of anilines is 1. The smallest absolute Gasteiger partial charge is 0.346 e. The summed E-state index contributed by atoms with van der Waals surface area (Å²) < 4.78 is 14.6. The predicted molar refractivity (Wildman–Crippen MR) is 114 cm³/mol. The Hall–Kier alpha value is -2.68. The molecule has 4 rings (SSSR count). The van der Waals surface area contributed by atoms with Crippen molar-refractivity contribution in [2.24, 2.45) is 0 Å². The fraction of sp³-hybridized carbons (Fsp3) is 0.0952. The van der Waals surface area contributed by atoms with Crippen molar-refractivity contribution in [3.05, 3.63) is 80.3 Å². The number of hydrogen-bond acceptors (Lipinski definition) is 5. The molecule has 0 radical (unpaired) electrons. The van der Waals surface area contributed by atoms with Crippen LogP contribution in [0.15, 0.2) is 52.7 Å². The summed E-state index contributed by atoms with van der Waals surface area (Å²) in [5.74, 6) is -2.85. The van der Waals surface area contributed by atoms with Crippen LogP contribution in [0.3, 0.4) is 0 Å². The van der Waals surface area contributed by atoms with Crippen molar-refractivity contribution in [2.75, 3.05) is 4.90 Å². The molecule has 0 fully saturated rings. The lowest BCUT2D eigenvalue weighted by Gasteiger charge is -2.26. The highest BCUT2D eigenvalue weighted by atomic mass is 35.5. The van der Waals surface area contributed by atoms with Crippen LogP contribution in [-0.2, 0) is 17.0 Å². The van der Waals surface area contributed by atoms with E-state index < -0.39 is 23.6 Å². The van der Waals surface area contributed by atoms with Crippen LogP contribution in [0.25, 0.3) is 0 Å². The Labute approximate surface area is 184 Å². The number of fused-ring (bicyclic) bond motifs is 1. The van der Waals surface area contributed by atoms with E-state index in [-0.39, 0.29) is 22.5 Å². The predicted octanol–water partition coefficient (Wildman–Crippen LogP) is 5.26. The Kier molecular flexibility index (Phi) is 5.64. The maximum atomic E-state index is 14.6. The molecule has 1 aromatic heterocycles. The number of thioether (sulfide) groups is 1. The van der Waals surface area contributed by atoms with Gasteiger partial charge in [0.15, 0.2) is 0 Å². The molecule has 2 amide bonds. The zero-order chi connectivity index (χ0) is 21.4. The fourth-order valence-corrected chi connectivity index (χ4v) is 5.16. The molecular weight excluding hydrogens is 449 g/mol. The topological polar surface area (TPSA) is 74.7 Å². The number of thiophene rings is 1. The fourth-order valence-electron chi connectivity index (χ4n) is 3.17. The van der Waals surface area contributed by atoms with Gasteiger partial charge in [-0.15, -0.1) is 23.1 Å². The average Bonchev–Trinajstić information content (AvgIpc) is 3.12. The monoisotopic (exact) mass is 461 g/mol. The van der Waals surface area contributed by atoms with Crippen LogP contribution in [0.5, 0.6) is 0 Å². The lowest BCUT2D eigenvalue weighted by atomic mass is 10.0. The van der Waals surface area contributed by atoms with Crippen LogP contribution in [0.1, 0.15) is 31.2 Å². The number of rotatable bonds is 5. The molecule has 9 heteroatoms. The molecule has 0 atom stereocenters. The summed E-state index contributed by atoms with van der Waals surface area (Å²) in [5.41, 5.74) is 1.09. The number of amides is 2. The number of hydrogen-bond donors (Lipinski definition) is 1. The molecule has 0 spiro atoms. The largest absolute Gasteiger partial charge is 0.477 e. The third-order valence-corrected chi connectivity index (χ3v) is 6.84. The maximum absolute atomic E-state index is 14.6. The van der Waals surface area contributed by atoms with Gasteiger partial charge in [-0.3, -0.25) is 9.59 Å². The summed E-state index contributed by atoms with van der Waals surface area (Å²) in [6, 6.07) is 11.5. The molecule has 0 unspecified atom stereocenters. The first-order chi connectivity index (χ1) is 14.3. The number of carbonyl (C=O) groups excluding carboxylic acids is 2. The standard InChI is InChI=1S/C21H13ClFNO4S2/c22-13-3-1-2-11(6-13)9-29-14-4-5-15(23)16(8-14)24-17(25)7-12-10-30-19(21(27)28)18(12)20(24)26/h1-6,8,10H,7,9H2,(H,27,28). The van der Waals surface area contributed by atoms with Crippen LogP contribution in [0, 0.1) is 5.82 Å². The Balaban J connectivity index is 1.65. The van der Waals surface area contributed by atoms with Gasteiger partial charge in [-0.05, 0) is 46.8 Å². The van der Waals surface area contributed by atoms with Gasteiger partial charge in [0.05, 0.1) is 17.7 Å². The van der Waals surface area contributed by atoms with Crippen LogP contribution < -0.4 is 4.90 Å². The normalized spacial score (nSPS) is 13.5. The van der Waals surface area contributed by atoms with E-state index >= 15 is 0 Å². The highest BCUT2D eigenvalue weighted by molar-refractivity contribution is 7.98. The van der Waals surface area contributed by atoms with Gasteiger partial charge in [0.2, 0.25) is 5.91 Å². The molecule has 2 aromatic carbocycles. The summed E-state index contributed by atoms with van der Waals surface area (Å²) in [5, 5.41) is 11.4. The number of carboxylic acid groups (broad SMARTS) is 1.